The van der Waals surface area contributed by atoms with Gasteiger partial charge in [-0.25, -0.2) is 0 Å². The number of likely N-dealkylation sites (N-methyl/N-ethyl adjacent to an activating group) is 1. The van der Waals surface area contributed by atoms with Crippen LogP contribution in [0.4, 0.5) is 5.69 Å². The van der Waals surface area contributed by atoms with E-state index < -0.39 is 6.04 Å². The van der Waals surface area contributed by atoms with Gasteiger partial charge in [-0.2, -0.15) is 0 Å². The minimum absolute atomic E-state index is 0.00151. The van der Waals surface area contributed by atoms with Gasteiger partial charge in [0, 0.05) is 50.2 Å². The van der Waals surface area contributed by atoms with E-state index in [4.69, 9.17) is 9.47 Å². The number of aliphatic hydroxyl groups excluding tert-OH is 1. The van der Waals surface area contributed by atoms with Gasteiger partial charge in [-0.15, -0.1) is 0 Å². The molecule has 2 fully saturated rings. The normalized spacial score (nSPS) is 25.4. The first-order valence-corrected chi connectivity index (χ1v) is 17.6. The van der Waals surface area contributed by atoms with Crippen molar-refractivity contribution in [2.75, 3.05) is 38.7 Å². The van der Waals surface area contributed by atoms with Gasteiger partial charge in [0.2, 0.25) is 11.8 Å². The Morgan fingerprint density at radius 3 is 2.29 bits per heavy atom. The molecule has 3 aliphatic rings. The molecule has 0 bridgehead atoms. The summed E-state index contributed by atoms with van der Waals surface area (Å²) in [5.41, 5.74) is 0.943. The number of nitrogens with one attached hydrogen (secondary N) is 1. The summed E-state index contributed by atoms with van der Waals surface area (Å²) in [6, 6.07) is 4.87. The summed E-state index contributed by atoms with van der Waals surface area (Å²) in [5.74, 6) is 0.366. The second-order valence-electron chi connectivity index (χ2n) is 13.9. The second kappa shape index (κ2) is 17.3. The van der Waals surface area contributed by atoms with Crippen molar-refractivity contribution < 1.29 is 29.0 Å². The monoisotopic (exact) mass is 627 g/mol. The maximum absolute atomic E-state index is 14.4. The Hall–Kier alpha value is -2.65. The number of rotatable bonds is 7. The van der Waals surface area contributed by atoms with Crippen molar-refractivity contribution in [2.24, 2.45) is 17.8 Å². The molecule has 3 amide bonds. The molecule has 2 N–H and O–H groups in total. The number of anilines is 1. The van der Waals surface area contributed by atoms with Crippen LogP contribution in [0.3, 0.4) is 0 Å². The third-order valence-corrected chi connectivity index (χ3v) is 10.1. The second-order valence-corrected chi connectivity index (χ2v) is 13.9. The number of carbonyl (C=O) groups is 3. The van der Waals surface area contributed by atoms with Gasteiger partial charge < -0.3 is 29.7 Å². The van der Waals surface area contributed by atoms with E-state index in [-0.39, 0.29) is 54.3 Å². The Morgan fingerprint density at radius 2 is 1.62 bits per heavy atom. The Morgan fingerprint density at radius 1 is 0.978 bits per heavy atom. The van der Waals surface area contributed by atoms with Crippen molar-refractivity contribution in [3.8, 4) is 5.75 Å². The van der Waals surface area contributed by atoms with Gasteiger partial charge in [-0.1, -0.05) is 45.4 Å². The lowest BCUT2D eigenvalue weighted by Crippen LogP contribution is -2.48. The van der Waals surface area contributed by atoms with Crippen LogP contribution < -0.4 is 10.1 Å². The van der Waals surface area contributed by atoms with E-state index >= 15 is 0 Å². The van der Waals surface area contributed by atoms with Crippen LogP contribution in [0, 0.1) is 17.8 Å². The van der Waals surface area contributed by atoms with Gasteiger partial charge in [-0.3, -0.25) is 14.4 Å². The van der Waals surface area contributed by atoms with Gasteiger partial charge in [0.25, 0.3) is 5.91 Å². The number of aliphatic hydroxyl groups is 1. The number of amides is 3. The van der Waals surface area contributed by atoms with Crippen LogP contribution in [-0.2, 0) is 14.3 Å². The lowest BCUT2D eigenvalue weighted by atomic mass is 9.88. The molecule has 1 aromatic rings. The average molecular weight is 628 g/mol. The van der Waals surface area contributed by atoms with E-state index in [0.717, 1.165) is 70.6 Å². The molecule has 1 aliphatic heterocycles. The highest BCUT2D eigenvalue weighted by molar-refractivity contribution is 6.00. The Bertz CT molecular complexity index is 1120. The minimum Gasteiger partial charge on any atom is -0.490 e. The van der Waals surface area contributed by atoms with Crippen LogP contribution in [0.25, 0.3) is 0 Å². The van der Waals surface area contributed by atoms with Crippen molar-refractivity contribution in [1.82, 2.24) is 9.80 Å². The number of nitrogens with zero attached hydrogens (tertiary/aromatic N) is 2. The van der Waals surface area contributed by atoms with E-state index in [1.165, 1.54) is 12.8 Å². The fourth-order valence-electron chi connectivity index (χ4n) is 7.09. The molecular weight excluding hydrogens is 570 g/mol. The van der Waals surface area contributed by atoms with E-state index in [0.29, 0.717) is 36.7 Å². The van der Waals surface area contributed by atoms with Crippen LogP contribution in [-0.4, -0.2) is 84.2 Å². The van der Waals surface area contributed by atoms with Gasteiger partial charge in [0.15, 0.2) is 0 Å². The lowest BCUT2D eigenvalue weighted by molar-refractivity contribution is -0.138. The maximum atomic E-state index is 14.4. The third-order valence-electron chi connectivity index (χ3n) is 10.1. The van der Waals surface area contributed by atoms with Crippen molar-refractivity contribution in [2.45, 2.75) is 122 Å². The van der Waals surface area contributed by atoms with E-state index in [2.05, 4.69) is 12.2 Å². The third kappa shape index (κ3) is 9.92. The largest absolute Gasteiger partial charge is 0.490 e. The first-order chi connectivity index (χ1) is 21.7. The summed E-state index contributed by atoms with van der Waals surface area (Å²) in [6.45, 7) is 7.06. The Kier molecular flexibility index (Phi) is 13.5. The number of hydrogen-bond acceptors (Lipinski definition) is 6. The SMILES string of the molecule is C[C@H](CO)N1C[C@H](C)[C@@H](CN(C)C(=O)C2CCCCC2)OCCCC[C@H](C)Oc2ccc(NC(=O)C3CCCCC3)cc2C1=O. The minimum atomic E-state index is -0.458. The number of ether oxygens (including phenoxy) is 2. The molecule has 45 heavy (non-hydrogen) atoms. The van der Waals surface area contributed by atoms with Gasteiger partial charge in [0.05, 0.1) is 30.4 Å². The molecule has 9 heteroatoms. The fraction of sp³-hybridized carbons (Fsp3) is 0.750. The summed E-state index contributed by atoms with van der Waals surface area (Å²) < 4.78 is 12.8. The molecule has 9 nitrogen and oxygen atoms in total. The highest BCUT2D eigenvalue weighted by atomic mass is 16.5. The zero-order valence-electron chi connectivity index (χ0n) is 28.1. The van der Waals surface area contributed by atoms with Crippen molar-refractivity contribution in [3.63, 3.8) is 0 Å². The molecule has 2 saturated carbocycles. The smallest absolute Gasteiger partial charge is 0.258 e. The van der Waals surface area contributed by atoms with Crippen LogP contribution in [0.2, 0.25) is 0 Å². The number of benzene rings is 1. The molecule has 252 valence electrons. The topological polar surface area (TPSA) is 108 Å². The van der Waals surface area contributed by atoms with Crippen LogP contribution in [0.5, 0.6) is 5.75 Å². The molecular formula is C36H57N3O6. The molecule has 4 atom stereocenters. The number of carbonyl (C=O) groups excluding carboxylic acids is 3. The molecule has 0 unspecified atom stereocenters. The Balaban J connectivity index is 1.58. The zero-order valence-corrected chi connectivity index (χ0v) is 28.1. The van der Waals surface area contributed by atoms with Gasteiger partial charge in [0.1, 0.15) is 5.75 Å². The van der Waals surface area contributed by atoms with Crippen molar-refractivity contribution >= 4 is 23.4 Å². The molecule has 4 rings (SSSR count). The molecule has 0 aromatic heterocycles. The predicted molar refractivity (Wildman–Crippen MR) is 176 cm³/mol. The van der Waals surface area contributed by atoms with Crippen molar-refractivity contribution in [3.05, 3.63) is 23.8 Å². The standard InChI is InChI=1S/C36H57N3O6/c1-25-22-39(26(2)24-40)36(43)31-21-30(37-34(41)28-14-7-5-8-15-28)18-19-32(31)45-27(3)13-11-12-20-44-33(25)23-38(4)35(42)29-16-9-6-10-17-29/h18-19,21,25-29,33,40H,5-17,20,22-24H2,1-4H3,(H,37,41)/t25-,26+,27-,33+/m0/s1. The van der Waals surface area contributed by atoms with Crippen LogP contribution in [0.1, 0.15) is 115 Å². The highest BCUT2D eigenvalue weighted by Crippen LogP contribution is 2.31. The average Bonchev–Trinajstić information content (AvgIpc) is 3.06. The molecule has 0 spiro atoms. The molecule has 0 radical (unpaired) electrons. The van der Waals surface area contributed by atoms with Crippen LogP contribution >= 0.6 is 0 Å². The first-order valence-electron chi connectivity index (χ1n) is 17.6. The quantitative estimate of drug-likeness (QED) is 0.382. The van der Waals surface area contributed by atoms with Crippen molar-refractivity contribution in [1.29, 1.82) is 0 Å². The summed E-state index contributed by atoms with van der Waals surface area (Å²) in [4.78, 5) is 44.3. The summed E-state index contributed by atoms with van der Waals surface area (Å²) in [7, 11) is 1.87. The molecule has 1 heterocycles. The zero-order chi connectivity index (χ0) is 32.3. The molecule has 2 aliphatic carbocycles. The highest BCUT2D eigenvalue weighted by Gasteiger charge is 2.32. The lowest BCUT2D eigenvalue weighted by Gasteiger charge is -2.36. The number of fused-ring (bicyclic) bond motifs is 1. The Labute approximate surface area is 270 Å². The van der Waals surface area contributed by atoms with Gasteiger partial charge in [-0.05, 0) is 77.0 Å². The first kappa shape index (κ1) is 35.2. The summed E-state index contributed by atoms with van der Waals surface area (Å²) in [6.07, 6.45) is 12.6. The molecule has 1 aromatic carbocycles. The van der Waals surface area contributed by atoms with E-state index in [9.17, 15) is 19.5 Å². The summed E-state index contributed by atoms with van der Waals surface area (Å²) >= 11 is 0. The fourth-order valence-corrected chi connectivity index (χ4v) is 7.09. The molecule has 0 saturated heterocycles. The van der Waals surface area contributed by atoms with Crippen LogP contribution in [0.15, 0.2) is 18.2 Å². The van der Waals surface area contributed by atoms with Gasteiger partial charge >= 0.3 is 0 Å². The maximum Gasteiger partial charge on any atom is 0.258 e. The summed E-state index contributed by atoms with van der Waals surface area (Å²) in [5, 5.41) is 13.3. The van der Waals surface area contributed by atoms with E-state index in [1.54, 1.807) is 17.0 Å². The van der Waals surface area contributed by atoms with E-state index in [1.807, 2.05) is 31.9 Å². The number of hydrogen-bond donors (Lipinski definition) is 2. The predicted octanol–water partition coefficient (Wildman–Crippen LogP) is 6.04.